The summed E-state index contributed by atoms with van der Waals surface area (Å²) in [5.41, 5.74) is 1.04. The van der Waals surface area contributed by atoms with E-state index >= 15 is 0 Å². The van der Waals surface area contributed by atoms with Crippen LogP contribution in [0, 0.1) is 0 Å². The van der Waals surface area contributed by atoms with Crippen molar-refractivity contribution in [3.05, 3.63) is 52.5 Å². The molecule has 0 unspecified atom stereocenters. The Labute approximate surface area is 117 Å². The zero-order valence-corrected chi connectivity index (χ0v) is 10.9. The van der Waals surface area contributed by atoms with E-state index in [1.54, 1.807) is 24.3 Å². The Morgan fingerprint density at radius 2 is 1.63 bits per heavy atom. The predicted octanol–water partition coefficient (Wildman–Crippen LogP) is 5.56. The Balaban J connectivity index is 2.45. The number of ether oxygens (including phenoxy) is 1. The lowest BCUT2D eigenvalue weighted by molar-refractivity contribution is -0.274. The minimum atomic E-state index is -4.76. The molecule has 0 aliphatic carbocycles. The minimum absolute atomic E-state index is 0.136. The highest BCUT2D eigenvalue weighted by Gasteiger charge is 2.31. The molecule has 0 radical (unpaired) electrons. The summed E-state index contributed by atoms with van der Waals surface area (Å²) in [5.74, 6) is -0.380. The molecule has 0 amide bonds. The lowest BCUT2D eigenvalue weighted by Gasteiger charge is -2.11. The lowest BCUT2D eigenvalue weighted by Crippen LogP contribution is -2.17. The highest BCUT2D eigenvalue weighted by Crippen LogP contribution is 2.34. The summed E-state index contributed by atoms with van der Waals surface area (Å²) in [5, 5.41) is 0.555. The molecule has 19 heavy (non-hydrogen) atoms. The maximum Gasteiger partial charge on any atom is 0.573 e. The minimum Gasteiger partial charge on any atom is -0.406 e. The molecule has 2 rings (SSSR count). The maximum atomic E-state index is 12.2. The molecule has 2 aromatic rings. The smallest absolute Gasteiger partial charge is 0.406 e. The van der Waals surface area contributed by atoms with Crippen LogP contribution in [0.3, 0.4) is 0 Å². The average Bonchev–Trinajstić information content (AvgIpc) is 2.26. The van der Waals surface area contributed by atoms with Crippen LogP contribution in [0.4, 0.5) is 13.2 Å². The van der Waals surface area contributed by atoms with Crippen LogP contribution in [0.1, 0.15) is 0 Å². The van der Waals surface area contributed by atoms with Crippen LogP contribution >= 0.6 is 23.2 Å². The number of benzene rings is 2. The molecular formula is C13H7Cl2F3O. The van der Waals surface area contributed by atoms with Crippen LogP contribution < -0.4 is 4.74 Å². The van der Waals surface area contributed by atoms with Crippen molar-refractivity contribution in [2.24, 2.45) is 0 Å². The topological polar surface area (TPSA) is 9.23 Å². The summed E-state index contributed by atoms with van der Waals surface area (Å²) in [7, 11) is 0. The van der Waals surface area contributed by atoms with E-state index in [1.165, 1.54) is 12.1 Å². The third kappa shape index (κ3) is 3.78. The third-order valence-electron chi connectivity index (χ3n) is 2.29. The first-order chi connectivity index (χ1) is 8.85. The summed E-state index contributed by atoms with van der Waals surface area (Å²) >= 11 is 11.8. The zero-order chi connectivity index (χ0) is 14.0. The fraction of sp³-hybridized carbons (Fsp3) is 0.0769. The summed E-state index contributed by atoms with van der Waals surface area (Å²) in [4.78, 5) is 0. The van der Waals surface area contributed by atoms with Crippen molar-refractivity contribution < 1.29 is 17.9 Å². The second kappa shape index (κ2) is 5.31. The van der Waals surface area contributed by atoms with E-state index in [1.807, 2.05) is 0 Å². The van der Waals surface area contributed by atoms with Crippen molar-refractivity contribution >= 4 is 23.2 Å². The largest absolute Gasteiger partial charge is 0.573 e. The monoisotopic (exact) mass is 306 g/mol. The number of hydrogen-bond donors (Lipinski definition) is 0. The number of alkyl halides is 3. The summed E-state index contributed by atoms with van der Waals surface area (Å²) in [6.45, 7) is 0. The van der Waals surface area contributed by atoms with E-state index in [2.05, 4.69) is 4.74 Å². The molecule has 0 heterocycles. The molecule has 0 fully saturated rings. The Morgan fingerprint density at radius 1 is 0.947 bits per heavy atom. The number of hydrogen-bond acceptors (Lipinski definition) is 1. The fourth-order valence-corrected chi connectivity index (χ4v) is 2.08. The lowest BCUT2D eigenvalue weighted by atomic mass is 10.1. The molecule has 0 saturated heterocycles. The van der Waals surface area contributed by atoms with Crippen LogP contribution in [0.5, 0.6) is 5.75 Å². The Morgan fingerprint density at radius 3 is 2.26 bits per heavy atom. The highest BCUT2D eigenvalue weighted by molar-refractivity contribution is 6.33. The van der Waals surface area contributed by atoms with Gasteiger partial charge in [0.25, 0.3) is 0 Å². The van der Waals surface area contributed by atoms with Gasteiger partial charge in [-0.15, -0.1) is 13.2 Å². The first-order valence-electron chi connectivity index (χ1n) is 5.16. The summed E-state index contributed by atoms with van der Waals surface area (Å²) in [6, 6.07) is 10.6. The van der Waals surface area contributed by atoms with Crippen molar-refractivity contribution in [2.45, 2.75) is 6.36 Å². The van der Waals surface area contributed by atoms with Crippen molar-refractivity contribution in [3.63, 3.8) is 0 Å². The molecular weight excluding hydrogens is 300 g/mol. The van der Waals surface area contributed by atoms with E-state index < -0.39 is 6.36 Å². The quantitative estimate of drug-likeness (QED) is 0.706. The molecule has 1 nitrogen and oxygen atoms in total. The predicted molar refractivity (Wildman–Crippen MR) is 68.6 cm³/mol. The molecule has 0 aromatic heterocycles. The van der Waals surface area contributed by atoms with E-state index in [0.717, 1.165) is 6.07 Å². The van der Waals surface area contributed by atoms with Gasteiger partial charge in [0.2, 0.25) is 0 Å². The molecule has 0 bridgehead atoms. The van der Waals surface area contributed by atoms with Crippen LogP contribution in [-0.4, -0.2) is 6.36 Å². The summed E-state index contributed by atoms with van der Waals surface area (Å²) in [6.07, 6.45) is -4.76. The van der Waals surface area contributed by atoms with Gasteiger partial charge >= 0.3 is 6.36 Å². The van der Waals surface area contributed by atoms with Gasteiger partial charge in [-0.1, -0.05) is 41.4 Å². The van der Waals surface area contributed by atoms with Crippen LogP contribution in [0.15, 0.2) is 42.5 Å². The van der Waals surface area contributed by atoms with E-state index in [9.17, 15) is 13.2 Å². The van der Waals surface area contributed by atoms with E-state index in [0.29, 0.717) is 16.1 Å². The van der Waals surface area contributed by atoms with Gasteiger partial charge in [-0.3, -0.25) is 0 Å². The molecule has 0 atom stereocenters. The zero-order valence-electron chi connectivity index (χ0n) is 9.34. The maximum absolute atomic E-state index is 12.2. The van der Waals surface area contributed by atoms with Gasteiger partial charge in [0.15, 0.2) is 0 Å². The first kappa shape index (κ1) is 14.0. The SMILES string of the molecule is FC(F)(F)Oc1cc(Cl)cc(-c2ccccc2Cl)c1. The van der Waals surface area contributed by atoms with Crippen molar-refractivity contribution in [1.29, 1.82) is 0 Å². The molecule has 0 saturated carbocycles. The van der Waals surface area contributed by atoms with Gasteiger partial charge in [-0.2, -0.15) is 0 Å². The molecule has 6 heteroatoms. The standard InChI is InChI=1S/C13H7Cl2F3O/c14-9-5-8(11-3-1-2-4-12(11)15)6-10(7-9)19-13(16,17)18/h1-7H. The number of rotatable bonds is 2. The van der Waals surface area contributed by atoms with Gasteiger partial charge in [-0.25, -0.2) is 0 Å². The Kier molecular flexibility index (Phi) is 3.92. The fourth-order valence-electron chi connectivity index (χ4n) is 1.61. The average molecular weight is 307 g/mol. The molecule has 100 valence electrons. The van der Waals surface area contributed by atoms with E-state index in [-0.39, 0.29) is 10.8 Å². The van der Waals surface area contributed by atoms with Gasteiger partial charge in [0, 0.05) is 15.6 Å². The normalized spacial score (nSPS) is 11.4. The second-order valence-corrected chi connectivity index (χ2v) is 4.55. The molecule has 0 N–H and O–H groups in total. The summed E-state index contributed by atoms with van der Waals surface area (Å²) < 4.78 is 40.4. The van der Waals surface area contributed by atoms with Crippen LogP contribution in [-0.2, 0) is 0 Å². The van der Waals surface area contributed by atoms with Crippen molar-refractivity contribution in [2.75, 3.05) is 0 Å². The van der Waals surface area contributed by atoms with Gasteiger partial charge in [0.05, 0.1) is 0 Å². The van der Waals surface area contributed by atoms with E-state index in [4.69, 9.17) is 23.2 Å². The molecule has 0 aliphatic rings. The first-order valence-corrected chi connectivity index (χ1v) is 5.92. The molecule has 0 spiro atoms. The van der Waals surface area contributed by atoms with Gasteiger partial charge in [-0.05, 0) is 29.8 Å². The Hall–Kier alpha value is -1.39. The Bertz CT molecular complexity index is 597. The number of halogens is 5. The highest BCUT2D eigenvalue weighted by atomic mass is 35.5. The van der Waals surface area contributed by atoms with Crippen LogP contribution in [0.25, 0.3) is 11.1 Å². The van der Waals surface area contributed by atoms with Crippen LogP contribution in [0.2, 0.25) is 10.0 Å². The third-order valence-corrected chi connectivity index (χ3v) is 2.84. The molecule has 2 aromatic carbocycles. The van der Waals surface area contributed by atoms with Gasteiger partial charge in [0.1, 0.15) is 5.75 Å². The molecule has 0 aliphatic heterocycles. The van der Waals surface area contributed by atoms with Crippen molar-refractivity contribution in [3.8, 4) is 16.9 Å². The van der Waals surface area contributed by atoms with Gasteiger partial charge < -0.3 is 4.74 Å². The van der Waals surface area contributed by atoms with Crippen molar-refractivity contribution in [1.82, 2.24) is 0 Å². The second-order valence-electron chi connectivity index (χ2n) is 3.70.